The van der Waals surface area contributed by atoms with E-state index in [9.17, 15) is 14.9 Å². The van der Waals surface area contributed by atoms with Crippen molar-refractivity contribution in [2.45, 2.75) is 13.5 Å². The normalized spacial score (nSPS) is 10.4. The highest BCUT2D eigenvalue weighted by atomic mass is 16.6. The molecule has 0 amide bonds. The fourth-order valence-corrected chi connectivity index (χ4v) is 1.85. The van der Waals surface area contributed by atoms with Crippen LogP contribution in [-0.2, 0) is 6.54 Å². The summed E-state index contributed by atoms with van der Waals surface area (Å²) in [6, 6.07) is 9.51. The summed E-state index contributed by atoms with van der Waals surface area (Å²) in [6.07, 6.45) is 0. The van der Waals surface area contributed by atoms with E-state index in [1.54, 1.807) is 16.7 Å². The summed E-state index contributed by atoms with van der Waals surface area (Å²) in [5.74, 6) is 0. The molecular formula is C13H13N3O3. The zero-order valence-corrected chi connectivity index (χ0v) is 10.4. The molecule has 0 unspecified atom stereocenters. The summed E-state index contributed by atoms with van der Waals surface area (Å²) in [6.45, 7) is 2.10. The van der Waals surface area contributed by atoms with Gasteiger partial charge in [-0.15, -0.1) is 0 Å². The first-order valence-corrected chi connectivity index (χ1v) is 5.68. The van der Waals surface area contributed by atoms with E-state index in [0.29, 0.717) is 5.56 Å². The van der Waals surface area contributed by atoms with Crippen LogP contribution in [0.1, 0.15) is 11.3 Å². The lowest BCUT2D eigenvalue weighted by molar-refractivity contribution is -0.384. The van der Waals surface area contributed by atoms with Crippen LogP contribution in [0.4, 0.5) is 11.4 Å². The van der Waals surface area contributed by atoms with Gasteiger partial charge in [-0.3, -0.25) is 14.9 Å². The molecule has 1 aromatic heterocycles. The van der Waals surface area contributed by atoms with Gasteiger partial charge in [0.05, 0.1) is 11.5 Å². The van der Waals surface area contributed by atoms with Crippen molar-refractivity contribution in [2.75, 3.05) is 5.73 Å². The van der Waals surface area contributed by atoms with Gasteiger partial charge in [-0.25, -0.2) is 0 Å². The second-order valence-corrected chi connectivity index (χ2v) is 4.24. The second kappa shape index (κ2) is 4.93. The van der Waals surface area contributed by atoms with Crippen LogP contribution in [0.15, 0.2) is 41.2 Å². The Bertz CT molecular complexity index is 692. The van der Waals surface area contributed by atoms with Gasteiger partial charge >= 0.3 is 0 Å². The molecule has 0 aliphatic heterocycles. The zero-order chi connectivity index (χ0) is 14.0. The van der Waals surface area contributed by atoms with E-state index in [1.807, 2.05) is 13.0 Å². The van der Waals surface area contributed by atoms with E-state index in [-0.39, 0.29) is 23.5 Å². The first kappa shape index (κ1) is 12.8. The maximum Gasteiger partial charge on any atom is 0.292 e. The second-order valence-electron chi connectivity index (χ2n) is 4.24. The van der Waals surface area contributed by atoms with Crippen molar-refractivity contribution in [2.24, 2.45) is 0 Å². The Kier molecular flexibility index (Phi) is 3.33. The Labute approximate surface area is 109 Å². The molecule has 2 aromatic rings. The van der Waals surface area contributed by atoms with Gasteiger partial charge in [-0.1, -0.05) is 12.1 Å². The van der Waals surface area contributed by atoms with Crippen LogP contribution in [0.25, 0.3) is 0 Å². The average Bonchev–Trinajstić information content (AvgIpc) is 2.35. The molecule has 0 radical (unpaired) electrons. The summed E-state index contributed by atoms with van der Waals surface area (Å²) in [5.41, 5.74) is 6.83. The zero-order valence-electron chi connectivity index (χ0n) is 10.4. The third kappa shape index (κ3) is 2.62. The summed E-state index contributed by atoms with van der Waals surface area (Å²) < 4.78 is 1.55. The SMILES string of the molecule is Cc1cccc(=O)n1Cc1ccc(N)c([N+](=O)[O-])c1. The lowest BCUT2D eigenvalue weighted by Gasteiger charge is -2.09. The smallest absolute Gasteiger partial charge is 0.292 e. The predicted molar refractivity (Wildman–Crippen MR) is 72.0 cm³/mol. The minimum atomic E-state index is -0.528. The molecular weight excluding hydrogens is 246 g/mol. The lowest BCUT2D eigenvalue weighted by atomic mass is 10.1. The molecule has 2 N–H and O–H groups in total. The third-order valence-electron chi connectivity index (χ3n) is 2.90. The summed E-state index contributed by atoms with van der Waals surface area (Å²) >= 11 is 0. The lowest BCUT2D eigenvalue weighted by Crippen LogP contribution is -2.21. The van der Waals surface area contributed by atoms with Gasteiger partial charge in [-0.05, 0) is 24.6 Å². The van der Waals surface area contributed by atoms with Crippen molar-refractivity contribution in [3.63, 3.8) is 0 Å². The molecule has 0 atom stereocenters. The van der Waals surface area contributed by atoms with Crippen molar-refractivity contribution in [1.82, 2.24) is 4.57 Å². The van der Waals surface area contributed by atoms with Crippen molar-refractivity contribution in [3.8, 4) is 0 Å². The van der Waals surface area contributed by atoms with E-state index < -0.39 is 4.92 Å². The predicted octanol–water partition coefficient (Wildman–Crippen LogP) is 1.70. The molecule has 1 aromatic carbocycles. The van der Waals surface area contributed by atoms with E-state index in [4.69, 9.17) is 5.73 Å². The molecule has 0 saturated carbocycles. The van der Waals surface area contributed by atoms with Crippen LogP contribution in [0.5, 0.6) is 0 Å². The number of hydrogen-bond acceptors (Lipinski definition) is 4. The van der Waals surface area contributed by atoms with Gasteiger partial charge in [0.25, 0.3) is 11.2 Å². The largest absolute Gasteiger partial charge is 0.393 e. The molecule has 0 spiro atoms. The van der Waals surface area contributed by atoms with Crippen molar-refractivity contribution in [1.29, 1.82) is 0 Å². The Balaban J connectivity index is 2.42. The highest BCUT2D eigenvalue weighted by molar-refractivity contribution is 5.59. The number of nitrogens with two attached hydrogens (primary N) is 1. The minimum Gasteiger partial charge on any atom is -0.393 e. The molecule has 0 aliphatic rings. The fraction of sp³-hybridized carbons (Fsp3) is 0.154. The molecule has 1 heterocycles. The number of benzene rings is 1. The molecule has 0 aliphatic carbocycles. The molecule has 0 saturated heterocycles. The fourth-order valence-electron chi connectivity index (χ4n) is 1.85. The van der Waals surface area contributed by atoms with E-state index in [0.717, 1.165) is 5.69 Å². The topological polar surface area (TPSA) is 91.2 Å². The number of aryl methyl sites for hydroxylation is 1. The first-order valence-electron chi connectivity index (χ1n) is 5.68. The molecule has 2 rings (SSSR count). The Morgan fingerprint density at radius 3 is 2.68 bits per heavy atom. The number of nitrogen functional groups attached to an aromatic ring is 1. The van der Waals surface area contributed by atoms with E-state index in [1.165, 1.54) is 18.2 Å². The number of nitrogens with zero attached hydrogens (tertiary/aromatic N) is 2. The Morgan fingerprint density at radius 2 is 2.05 bits per heavy atom. The monoisotopic (exact) mass is 259 g/mol. The molecule has 0 bridgehead atoms. The molecule has 0 fully saturated rings. The minimum absolute atomic E-state index is 0.117. The highest BCUT2D eigenvalue weighted by Gasteiger charge is 2.12. The van der Waals surface area contributed by atoms with Crippen molar-refractivity contribution < 1.29 is 4.92 Å². The molecule has 98 valence electrons. The van der Waals surface area contributed by atoms with E-state index in [2.05, 4.69) is 0 Å². The maximum absolute atomic E-state index is 11.7. The number of nitro groups is 1. The maximum atomic E-state index is 11.7. The van der Waals surface area contributed by atoms with Crippen LogP contribution in [0.3, 0.4) is 0 Å². The Hall–Kier alpha value is -2.63. The highest BCUT2D eigenvalue weighted by Crippen LogP contribution is 2.22. The number of aromatic nitrogens is 1. The van der Waals surface area contributed by atoms with Crippen LogP contribution in [0.2, 0.25) is 0 Å². The summed E-state index contributed by atoms with van der Waals surface area (Å²) in [5, 5.41) is 10.8. The van der Waals surface area contributed by atoms with Gasteiger partial charge in [0.15, 0.2) is 0 Å². The quantitative estimate of drug-likeness (QED) is 0.516. The van der Waals surface area contributed by atoms with Gasteiger partial charge in [0, 0.05) is 17.8 Å². The summed E-state index contributed by atoms with van der Waals surface area (Å²) in [4.78, 5) is 22.0. The van der Waals surface area contributed by atoms with Crippen LogP contribution >= 0.6 is 0 Å². The van der Waals surface area contributed by atoms with Gasteiger partial charge in [-0.2, -0.15) is 0 Å². The van der Waals surface area contributed by atoms with E-state index >= 15 is 0 Å². The first-order chi connectivity index (χ1) is 8.99. The van der Waals surface area contributed by atoms with Crippen LogP contribution in [0, 0.1) is 17.0 Å². The summed E-state index contributed by atoms with van der Waals surface area (Å²) in [7, 11) is 0. The van der Waals surface area contributed by atoms with Gasteiger partial charge < -0.3 is 10.3 Å². The number of rotatable bonds is 3. The molecule has 19 heavy (non-hydrogen) atoms. The average molecular weight is 259 g/mol. The van der Waals surface area contributed by atoms with Crippen molar-refractivity contribution in [3.05, 3.63) is 68.1 Å². The van der Waals surface area contributed by atoms with Gasteiger partial charge in [0.1, 0.15) is 5.69 Å². The number of pyridine rings is 1. The number of anilines is 1. The van der Waals surface area contributed by atoms with Crippen LogP contribution < -0.4 is 11.3 Å². The molecule has 6 nitrogen and oxygen atoms in total. The van der Waals surface area contributed by atoms with Gasteiger partial charge in [0.2, 0.25) is 0 Å². The number of nitro benzene ring substituents is 1. The van der Waals surface area contributed by atoms with Crippen molar-refractivity contribution >= 4 is 11.4 Å². The standard InChI is InChI=1S/C13H13N3O3/c1-9-3-2-4-13(17)15(9)8-10-5-6-11(14)12(7-10)16(18)19/h2-7H,8,14H2,1H3. The Morgan fingerprint density at radius 1 is 1.32 bits per heavy atom. The number of hydrogen-bond donors (Lipinski definition) is 1. The van der Waals surface area contributed by atoms with Crippen LogP contribution in [-0.4, -0.2) is 9.49 Å². The molecule has 6 heteroatoms. The third-order valence-corrected chi connectivity index (χ3v) is 2.90.